The minimum atomic E-state index is -0.696. The molecule has 0 aromatic heterocycles. The predicted molar refractivity (Wildman–Crippen MR) is 32.0 cm³/mol. The second-order valence-electron chi connectivity index (χ2n) is 2.42. The molecule has 1 aliphatic rings. The van der Waals surface area contributed by atoms with E-state index < -0.39 is 12.2 Å². The third-order valence-corrected chi connectivity index (χ3v) is 1.67. The first-order chi connectivity index (χ1) is 4.22. The molecule has 0 aromatic rings. The molecule has 1 unspecified atom stereocenters. The quantitative estimate of drug-likeness (QED) is 0.468. The molecule has 3 heteroatoms. The number of rotatable bonds is 0. The predicted octanol–water partition coefficient (Wildman–Crippen LogP) is -0.483. The van der Waals surface area contributed by atoms with Gasteiger partial charge in [0.1, 0.15) is 6.10 Å². The van der Waals surface area contributed by atoms with Crippen molar-refractivity contribution in [2.45, 2.75) is 31.7 Å². The summed E-state index contributed by atoms with van der Waals surface area (Å²) in [7, 11) is 0. The monoisotopic (exact) mass is 132 g/mol. The summed E-state index contributed by atoms with van der Waals surface area (Å²) in [5, 5.41) is 18.1. The average molecular weight is 132 g/mol. The second kappa shape index (κ2) is 2.64. The summed E-state index contributed by atoms with van der Waals surface area (Å²) in [6, 6.07) is 0. The van der Waals surface area contributed by atoms with Gasteiger partial charge in [-0.05, 0) is 13.3 Å². The van der Waals surface area contributed by atoms with Crippen molar-refractivity contribution >= 4 is 0 Å². The van der Waals surface area contributed by atoms with Crippen LogP contribution in [0, 0.1) is 0 Å². The summed E-state index contributed by atoms with van der Waals surface area (Å²) in [5.41, 5.74) is 0. The van der Waals surface area contributed by atoms with Crippen molar-refractivity contribution in [2.75, 3.05) is 6.61 Å². The lowest BCUT2D eigenvalue weighted by molar-refractivity contribution is -0.127. The minimum absolute atomic E-state index is 0.214. The highest BCUT2D eigenvalue weighted by Gasteiger charge is 2.27. The normalized spacial score (nSPS) is 45.0. The molecule has 0 spiro atoms. The fourth-order valence-electron chi connectivity index (χ4n) is 0.957. The van der Waals surface area contributed by atoms with Crippen LogP contribution in [0.2, 0.25) is 0 Å². The molecule has 1 heterocycles. The Morgan fingerprint density at radius 1 is 1.44 bits per heavy atom. The summed E-state index contributed by atoms with van der Waals surface area (Å²) in [6.07, 6.45) is -0.952. The van der Waals surface area contributed by atoms with Gasteiger partial charge in [-0.2, -0.15) is 0 Å². The number of hydrogen-bond donors (Lipinski definition) is 2. The van der Waals surface area contributed by atoms with Crippen LogP contribution in [0.3, 0.4) is 0 Å². The van der Waals surface area contributed by atoms with Crippen LogP contribution in [0.15, 0.2) is 0 Å². The Morgan fingerprint density at radius 2 is 2.11 bits per heavy atom. The minimum Gasteiger partial charge on any atom is -0.390 e. The van der Waals surface area contributed by atoms with Gasteiger partial charge >= 0.3 is 0 Å². The SMILES string of the molecule is CC1OCC[C@H](O)[C@@H]1O. The Morgan fingerprint density at radius 3 is 2.56 bits per heavy atom. The lowest BCUT2D eigenvalue weighted by atomic mass is 10.0. The maximum Gasteiger partial charge on any atom is 0.106 e. The molecule has 0 bridgehead atoms. The second-order valence-corrected chi connectivity index (χ2v) is 2.42. The highest BCUT2D eigenvalue weighted by molar-refractivity contribution is 4.77. The van der Waals surface area contributed by atoms with E-state index in [1.807, 2.05) is 0 Å². The van der Waals surface area contributed by atoms with E-state index in [2.05, 4.69) is 0 Å². The highest BCUT2D eigenvalue weighted by Crippen LogP contribution is 2.13. The average Bonchev–Trinajstić information content (AvgIpc) is 1.83. The molecule has 3 nitrogen and oxygen atoms in total. The summed E-state index contributed by atoms with van der Waals surface area (Å²) >= 11 is 0. The highest BCUT2D eigenvalue weighted by atomic mass is 16.5. The molecular weight excluding hydrogens is 120 g/mol. The molecule has 3 atom stereocenters. The van der Waals surface area contributed by atoms with Crippen LogP contribution in [0.5, 0.6) is 0 Å². The fraction of sp³-hybridized carbons (Fsp3) is 1.00. The standard InChI is InChI=1S/C6H12O3/c1-4-6(8)5(7)2-3-9-4/h4-8H,2-3H2,1H3/t4?,5-,6+/m0/s1. The van der Waals surface area contributed by atoms with Gasteiger partial charge in [0.05, 0.1) is 12.2 Å². The lowest BCUT2D eigenvalue weighted by Gasteiger charge is -2.29. The van der Waals surface area contributed by atoms with E-state index >= 15 is 0 Å². The van der Waals surface area contributed by atoms with Gasteiger partial charge in [0.15, 0.2) is 0 Å². The first-order valence-electron chi connectivity index (χ1n) is 3.19. The maximum absolute atomic E-state index is 9.07. The Balaban J connectivity index is 2.41. The van der Waals surface area contributed by atoms with Crippen LogP contribution < -0.4 is 0 Å². The van der Waals surface area contributed by atoms with E-state index in [0.29, 0.717) is 13.0 Å². The third kappa shape index (κ3) is 1.41. The van der Waals surface area contributed by atoms with Crippen molar-refractivity contribution in [1.82, 2.24) is 0 Å². The first-order valence-corrected chi connectivity index (χ1v) is 3.19. The van der Waals surface area contributed by atoms with Crippen LogP contribution in [-0.4, -0.2) is 35.1 Å². The van der Waals surface area contributed by atoms with E-state index in [4.69, 9.17) is 14.9 Å². The van der Waals surface area contributed by atoms with E-state index in [9.17, 15) is 0 Å². The molecule has 9 heavy (non-hydrogen) atoms. The Kier molecular flexibility index (Phi) is 2.05. The van der Waals surface area contributed by atoms with Gasteiger partial charge in [-0.15, -0.1) is 0 Å². The topological polar surface area (TPSA) is 49.7 Å². The Hall–Kier alpha value is -0.120. The van der Waals surface area contributed by atoms with Gasteiger partial charge < -0.3 is 14.9 Å². The van der Waals surface area contributed by atoms with Crippen LogP contribution in [-0.2, 0) is 4.74 Å². The molecular formula is C6H12O3. The molecule has 0 saturated carbocycles. The molecule has 54 valence electrons. The molecule has 1 saturated heterocycles. The van der Waals surface area contributed by atoms with Crippen molar-refractivity contribution in [3.8, 4) is 0 Å². The van der Waals surface area contributed by atoms with Crippen molar-refractivity contribution in [1.29, 1.82) is 0 Å². The van der Waals surface area contributed by atoms with Crippen LogP contribution in [0.4, 0.5) is 0 Å². The van der Waals surface area contributed by atoms with Gasteiger partial charge in [0.2, 0.25) is 0 Å². The summed E-state index contributed by atoms with van der Waals surface area (Å²) < 4.78 is 5.05. The van der Waals surface area contributed by atoms with Crippen LogP contribution in [0.25, 0.3) is 0 Å². The summed E-state index contributed by atoms with van der Waals surface area (Å²) in [6.45, 7) is 2.31. The van der Waals surface area contributed by atoms with Gasteiger partial charge in [0, 0.05) is 6.61 Å². The lowest BCUT2D eigenvalue weighted by Crippen LogP contribution is -2.42. The van der Waals surface area contributed by atoms with Crippen molar-refractivity contribution in [2.24, 2.45) is 0 Å². The van der Waals surface area contributed by atoms with Crippen LogP contribution in [0.1, 0.15) is 13.3 Å². The Labute approximate surface area is 54.3 Å². The largest absolute Gasteiger partial charge is 0.390 e. The smallest absolute Gasteiger partial charge is 0.106 e. The Bertz CT molecular complexity index is 84.3. The third-order valence-electron chi connectivity index (χ3n) is 1.67. The number of aliphatic hydroxyl groups excluding tert-OH is 2. The summed E-state index contributed by atoms with van der Waals surface area (Å²) in [4.78, 5) is 0. The number of hydrogen-bond acceptors (Lipinski definition) is 3. The molecule has 1 aliphatic heterocycles. The van der Waals surface area contributed by atoms with Crippen molar-refractivity contribution in [3.05, 3.63) is 0 Å². The van der Waals surface area contributed by atoms with Gasteiger partial charge in [-0.1, -0.05) is 0 Å². The molecule has 1 fully saturated rings. The molecule has 1 rings (SSSR count). The maximum atomic E-state index is 9.07. The summed E-state index contributed by atoms with van der Waals surface area (Å²) in [5.74, 6) is 0. The zero-order valence-corrected chi connectivity index (χ0v) is 5.45. The molecule has 0 aromatic carbocycles. The molecule has 0 aliphatic carbocycles. The molecule has 2 N–H and O–H groups in total. The van der Waals surface area contributed by atoms with Gasteiger partial charge in [0.25, 0.3) is 0 Å². The van der Waals surface area contributed by atoms with Gasteiger partial charge in [-0.25, -0.2) is 0 Å². The van der Waals surface area contributed by atoms with E-state index in [1.54, 1.807) is 6.92 Å². The van der Waals surface area contributed by atoms with Gasteiger partial charge in [-0.3, -0.25) is 0 Å². The zero-order valence-electron chi connectivity index (χ0n) is 5.45. The molecule has 0 radical (unpaired) electrons. The fourth-order valence-corrected chi connectivity index (χ4v) is 0.957. The van der Waals surface area contributed by atoms with Crippen molar-refractivity contribution in [3.63, 3.8) is 0 Å². The zero-order chi connectivity index (χ0) is 6.85. The number of ether oxygens (including phenoxy) is 1. The van der Waals surface area contributed by atoms with Crippen molar-refractivity contribution < 1.29 is 14.9 Å². The number of aliphatic hydroxyl groups is 2. The van der Waals surface area contributed by atoms with Crippen LogP contribution >= 0.6 is 0 Å². The van der Waals surface area contributed by atoms with E-state index in [-0.39, 0.29) is 6.10 Å². The molecule has 0 amide bonds. The van der Waals surface area contributed by atoms with E-state index in [1.165, 1.54) is 0 Å². The first kappa shape index (κ1) is 6.99. The van der Waals surface area contributed by atoms with E-state index in [0.717, 1.165) is 0 Å².